The SMILES string of the molecule is CCCCCN1/C(=C/C=C2CCC(/C=C/c3sc4ccccc4[n+]3CCCCC)=C2N2CCCC2)Sc2ccccc21.C[n+]1c(C=C2C=C3C=C(C=C4Sc5ccccc5N4Cc4ccc(C(=O)[O-])cc4)CCC3CC2)sc2ccccc21.O=C(O)c1ccccc1. The molecule has 0 bridgehead atoms. The maximum atomic E-state index is 11.2. The van der Waals surface area contributed by atoms with Crippen molar-refractivity contribution in [2.24, 2.45) is 13.0 Å². The lowest BCUT2D eigenvalue weighted by Gasteiger charge is -2.29. The van der Waals surface area contributed by atoms with Crippen LogP contribution in [0.3, 0.4) is 0 Å². The normalized spacial score (nSPS) is 18.6. The van der Waals surface area contributed by atoms with E-state index < -0.39 is 11.9 Å². The predicted octanol–water partition coefficient (Wildman–Crippen LogP) is 18.7. The van der Waals surface area contributed by atoms with Gasteiger partial charge in [0, 0.05) is 72.4 Å². The van der Waals surface area contributed by atoms with E-state index in [0.717, 1.165) is 44.3 Å². The molecule has 6 aromatic carbocycles. The lowest BCUT2D eigenvalue weighted by molar-refractivity contribution is -0.669. The van der Waals surface area contributed by atoms with Crippen LogP contribution in [0.25, 0.3) is 32.6 Å². The molecule has 0 saturated carbocycles. The maximum absolute atomic E-state index is 11.2. The first kappa shape index (κ1) is 64.2. The van der Waals surface area contributed by atoms with Gasteiger partial charge in [-0.2, -0.15) is 9.13 Å². The number of carboxylic acids is 2. The number of carbonyl (C=O) groups is 2. The van der Waals surface area contributed by atoms with E-state index >= 15 is 0 Å². The molecule has 0 amide bonds. The molecule has 0 radical (unpaired) electrons. The zero-order valence-electron chi connectivity index (χ0n) is 53.1. The molecule has 8 aromatic rings. The number of likely N-dealkylation sites (tertiary alicyclic amines) is 1. The van der Waals surface area contributed by atoms with E-state index in [0.29, 0.717) is 18.0 Å². The van der Waals surface area contributed by atoms with Crippen molar-refractivity contribution in [1.29, 1.82) is 0 Å². The molecule has 14 rings (SSSR count). The first-order chi connectivity index (χ1) is 45.1. The lowest BCUT2D eigenvalue weighted by Crippen LogP contribution is -2.35. The number of unbranched alkanes of at least 4 members (excludes halogenated alkanes) is 4. The molecule has 1 atom stereocenters. The average Bonchev–Trinajstić information content (AvgIpc) is 1.76. The van der Waals surface area contributed by atoms with Crippen LogP contribution >= 0.6 is 46.2 Å². The van der Waals surface area contributed by atoms with Crippen molar-refractivity contribution in [1.82, 2.24) is 4.90 Å². The predicted molar refractivity (Wildman–Crippen MR) is 383 cm³/mol. The fourth-order valence-electron chi connectivity index (χ4n) is 13.2. The Morgan fingerprint density at radius 3 is 1.97 bits per heavy atom. The first-order valence-electron chi connectivity index (χ1n) is 33.0. The molecule has 9 nitrogen and oxygen atoms in total. The number of aryl methyl sites for hydroxylation is 2. The second-order valence-electron chi connectivity index (χ2n) is 24.4. The minimum atomic E-state index is -1.14. The Balaban J connectivity index is 0.000000156. The number of carbonyl (C=O) groups excluding carboxylic acids is 1. The Morgan fingerprint density at radius 1 is 0.620 bits per heavy atom. The van der Waals surface area contributed by atoms with Crippen LogP contribution in [0.15, 0.2) is 242 Å². The first-order valence-corrected chi connectivity index (χ1v) is 36.2. The van der Waals surface area contributed by atoms with E-state index in [4.69, 9.17) is 5.11 Å². The van der Waals surface area contributed by atoms with E-state index in [1.807, 2.05) is 58.3 Å². The minimum Gasteiger partial charge on any atom is -0.545 e. The third-order valence-corrected chi connectivity index (χ3v) is 22.6. The summed E-state index contributed by atoms with van der Waals surface area (Å²) in [4.78, 5) is 31.6. The molecular weight excluding hydrogens is 1210 g/mol. The zero-order valence-corrected chi connectivity index (χ0v) is 56.4. The van der Waals surface area contributed by atoms with Gasteiger partial charge in [0.1, 0.15) is 16.4 Å². The Morgan fingerprint density at radius 2 is 1.26 bits per heavy atom. The molecule has 2 aromatic heterocycles. The highest BCUT2D eigenvalue weighted by molar-refractivity contribution is 8.04. The number of nitrogens with zero attached hydrogens (tertiary/aromatic N) is 5. The molecule has 0 spiro atoms. The van der Waals surface area contributed by atoms with Crippen molar-refractivity contribution < 1.29 is 28.9 Å². The van der Waals surface area contributed by atoms with Gasteiger partial charge >= 0.3 is 5.97 Å². The van der Waals surface area contributed by atoms with Gasteiger partial charge in [-0.1, -0.05) is 189 Å². The number of hydrogen-bond donors (Lipinski definition) is 1. The van der Waals surface area contributed by atoms with Crippen molar-refractivity contribution in [3.05, 3.63) is 258 Å². The topological polar surface area (TPSA) is 94.9 Å². The summed E-state index contributed by atoms with van der Waals surface area (Å²) in [6, 6.07) is 50.3. The van der Waals surface area contributed by atoms with Crippen molar-refractivity contribution in [2.75, 3.05) is 29.4 Å². The van der Waals surface area contributed by atoms with Crippen LogP contribution in [0.1, 0.15) is 140 Å². The summed E-state index contributed by atoms with van der Waals surface area (Å²) >= 11 is 7.54. The van der Waals surface area contributed by atoms with Gasteiger partial charge in [0.25, 0.3) is 10.0 Å². The summed E-state index contributed by atoms with van der Waals surface area (Å²) in [5.41, 5.74) is 15.6. The molecule has 6 aliphatic rings. The van der Waals surface area contributed by atoms with Crippen LogP contribution in [-0.2, 0) is 20.1 Å². The maximum Gasteiger partial charge on any atom is 0.335 e. The molecule has 1 unspecified atom stereocenters. The van der Waals surface area contributed by atoms with Gasteiger partial charge < -0.3 is 29.7 Å². The number of aromatic nitrogens is 2. The quantitative estimate of drug-likeness (QED) is 0.0666. The van der Waals surface area contributed by atoms with Gasteiger partial charge in [-0.15, -0.1) is 0 Å². The van der Waals surface area contributed by atoms with Crippen molar-refractivity contribution in [2.45, 2.75) is 127 Å². The Hall–Kier alpha value is -7.94. The van der Waals surface area contributed by atoms with Crippen LogP contribution in [0.2, 0.25) is 0 Å². The summed E-state index contributed by atoms with van der Waals surface area (Å²) < 4.78 is 7.57. The number of benzene rings is 6. The van der Waals surface area contributed by atoms with Crippen LogP contribution in [0.5, 0.6) is 0 Å². The van der Waals surface area contributed by atoms with Crippen LogP contribution in [-0.4, -0.2) is 41.6 Å². The van der Waals surface area contributed by atoms with Crippen molar-refractivity contribution >= 4 is 102 Å². The molecule has 3 aliphatic carbocycles. The summed E-state index contributed by atoms with van der Waals surface area (Å²) in [6.07, 6.45) is 36.4. The third kappa shape index (κ3) is 15.2. The van der Waals surface area contributed by atoms with Gasteiger partial charge in [-0.25, -0.2) is 4.79 Å². The number of carboxylic acid groups (broad SMARTS) is 2. The smallest absolute Gasteiger partial charge is 0.335 e. The lowest BCUT2D eigenvalue weighted by atomic mass is 9.77. The molecule has 3 aliphatic heterocycles. The second-order valence-corrected chi connectivity index (χ2v) is 28.7. The number of thioether (sulfide) groups is 2. The van der Waals surface area contributed by atoms with Crippen molar-refractivity contribution in [3.8, 4) is 0 Å². The summed E-state index contributed by atoms with van der Waals surface area (Å²) in [6.45, 7) is 9.83. The van der Waals surface area contributed by atoms with E-state index in [-0.39, 0.29) is 5.56 Å². The van der Waals surface area contributed by atoms with Gasteiger partial charge in [-0.3, -0.25) is 0 Å². The second kappa shape index (κ2) is 30.7. The van der Waals surface area contributed by atoms with Gasteiger partial charge in [-0.05, 0) is 176 Å². The minimum absolute atomic E-state index is 0.206. The van der Waals surface area contributed by atoms with E-state index in [1.165, 1.54) is 173 Å². The number of allylic oxidation sites excluding steroid dienone is 11. The highest BCUT2D eigenvalue weighted by Crippen LogP contribution is 2.49. The fraction of sp³-hybridized carbons (Fsp3) is 0.291. The van der Waals surface area contributed by atoms with Gasteiger partial charge in [0.15, 0.2) is 6.54 Å². The monoisotopic (exact) mass is 1290 g/mol. The van der Waals surface area contributed by atoms with Crippen LogP contribution < -0.4 is 24.0 Å². The van der Waals surface area contributed by atoms with E-state index in [9.17, 15) is 14.7 Å². The number of rotatable bonds is 18. The van der Waals surface area contributed by atoms with Crippen LogP contribution in [0, 0.1) is 5.92 Å². The Labute approximate surface area is 559 Å². The molecule has 1 saturated heterocycles. The number of thiazole rings is 2. The summed E-state index contributed by atoms with van der Waals surface area (Å²) in [5, 5.41) is 24.9. The number of aromatic carboxylic acids is 2. The fourth-order valence-corrected chi connectivity index (χ4v) is 17.7. The zero-order chi connectivity index (χ0) is 63.3. The largest absolute Gasteiger partial charge is 0.545 e. The summed E-state index contributed by atoms with van der Waals surface area (Å²) in [7, 11) is 2.16. The highest BCUT2D eigenvalue weighted by atomic mass is 32.2. The average molecular weight is 1290 g/mol. The van der Waals surface area contributed by atoms with Gasteiger partial charge in [0.2, 0.25) is 11.0 Å². The van der Waals surface area contributed by atoms with E-state index in [2.05, 4.69) is 190 Å². The molecular formula is C79H82N5O4S4+. The molecule has 5 heterocycles. The highest BCUT2D eigenvalue weighted by Gasteiger charge is 2.31. The molecule has 13 heteroatoms. The summed E-state index contributed by atoms with van der Waals surface area (Å²) in [5.74, 6) is -1.39. The third-order valence-electron chi connectivity index (χ3n) is 18.1. The molecule has 92 heavy (non-hydrogen) atoms. The van der Waals surface area contributed by atoms with E-state index in [1.54, 1.807) is 42.5 Å². The van der Waals surface area contributed by atoms with Gasteiger partial charge in [0.05, 0.1) is 33.0 Å². The molecule has 1 N–H and O–H groups in total. The molecule has 470 valence electrons. The standard InChI is InChI=1S/C37H46N3S2.C35H30N2O2S2.C7H6O2/c1-3-5-11-27-39-31-15-7-9-17-33(31)41-35(39)23-21-29-19-20-30(37(29)38-25-13-14-26-38)22-24-36-40(28-12-6-4-2)32-16-8-10-18-34(32)42-36;1-36-29-6-2-4-8-31(29)40-33(36)20-24-12-14-26-15-13-25(19-28(26)18-24)21-34-37(30-7-3-5-9-32(30)41-34)22-23-10-16-27(17-11-23)35(38)39;8-7(9)6-4-2-1-3-5-6/h7-10,15-18,21-24H,3-6,11-14,19-20,25-28H2,1-2H3;2-11,16-21,26H,12-15,22H2,1H3;1-5H,(H,8,9)/q+1;;. The molecule has 1 fully saturated rings. The number of hydrogen-bond acceptors (Lipinski definition) is 10. The Bertz CT molecular complexity index is 4230. The van der Waals surface area contributed by atoms with Crippen LogP contribution in [0.4, 0.5) is 11.4 Å². The number of para-hydroxylation sites is 4. The number of fused-ring (bicyclic) bond motifs is 5. The number of anilines is 2. The van der Waals surface area contributed by atoms with Crippen molar-refractivity contribution in [3.63, 3.8) is 0 Å². The Kier molecular flexibility index (Phi) is 21.4.